The summed E-state index contributed by atoms with van der Waals surface area (Å²) in [5.74, 6) is 1.35. The van der Waals surface area contributed by atoms with Crippen molar-refractivity contribution in [3.8, 4) is 0 Å². The van der Waals surface area contributed by atoms with Gasteiger partial charge in [-0.15, -0.1) is 0 Å². The van der Waals surface area contributed by atoms with Crippen molar-refractivity contribution in [1.29, 1.82) is 0 Å². The molecule has 1 N–H and O–H groups in total. The van der Waals surface area contributed by atoms with Gasteiger partial charge in [0.15, 0.2) is 0 Å². The van der Waals surface area contributed by atoms with Gasteiger partial charge in [-0.3, -0.25) is 0 Å². The van der Waals surface area contributed by atoms with E-state index in [9.17, 15) is 0 Å². The number of anilines is 1. The van der Waals surface area contributed by atoms with Gasteiger partial charge in [-0.1, -0.05) is 11.6 Å². The summed E-state index contributed by atoms with van der Waals surface area (Å²) in [7, 11) is 4.26. The molecule has 0 amide bonds. The van der Waals surface area contributed by atoms with E-state index in [0.717, 1.165) is 12.4 Å². The Morgan fingerprint density at radius 3 is 2.89 bits per heavy atom. The summed E-state index contributed by atoms with van der Waals surface area (Å²) < 4.78 is 1.67. The lowest BCUT2D eigenvalue weighted by atomic mass is 9.75. The standard InChI is InChI=1S/C12H17ClN6/c1-18(2)12(4-3-5-12)7-14-10-6-9(13)17-11-15-8-16-19(10)11/h6,8,14H,3-5,7H2,1-2H3. The number of hydrogen-bond donors (Lipinski definition) is 1. The molecule has 2 aromatic rings. The third-order valence-electron chi connectivity index (χ3n) is 4.05. The normalized spacial score (nSPS) is 17.7. The van der Waals surface area contributed by atoms with Crippen LogP contribution < -0.4 is 5.32 Å². The summed E-state index contributed by atoms with van der Waals surface area (Å²) >= 11 is 6.00. The van der Waals surface area contributed by atoms with E-state index in [2.05, 4.69) is 39.4 Å². The Kier molecular flexibility index (Phi) is 3.06. The van der Waals surface area contributed by atoms with Crippen molar-refractivity contribution in [2.24, 2.45) is 0 Å². The quantitative estimate of drug-likeness (QED) is 0.864. The molecule has 1 aliphatic rings. The van der Waals surface area contributed by atoms with Gasteiger partial charge in [-0.2, -0.15) is 19.6 Å². The van der Waals surface area contributed by atoms with Crippen LogP contribution in [0.25, 0.3) is 5.78 Å². The van der Waals surface area contributed by atoms with Crippen molar-refractivity contribution in [3.63, 3.8) is 0 Å². The Morgan fingerprint density at radius 1 is 1.47 bits per heavy atom. The molecule has 2 aromatic heterocycles. The van der Waals surface area contributed by atoms with Crippen LogP contribution in [0.15, 0.2) is 12.4 Å². The minimum absolute atomic E-state index is 0.239. The molecule has 0 atom stereocenters. The first kappa shape index (κ1) is 12.6. The van der Waals surface area contributed by atoms with Gasteiger partial charge in [0, 0.05) is 18.2 Å². The number of nitrogens with one attached hydrogen (secondary N) is 1. The highest BCUT2D eigenvalue weighted by Gasteiger charge is 2.38. The van der Waals surface area contributed by atoms with Gasteiger partial charge < -0.3 is 10.2 Å². The first-order valence-corrected chi connectivity index (χ1v) is 6.76. The molecule has 6 nitrogen and oxygen atoms in total. The first-order chi connectivity index (χ1) is 9.11. The number of rotatable bonds is 4. The van der Waals surface area contributed by atoms with Gasteiger partial charge in [0.2, 0.25) is 0 Å². The van der Waals surface area contributed by atoms with Crippen molar-refractivity contribution in [2.45, 2.75) is 24.8 Å². The molecule has 102 valence electrons. The van der Waals surface area contributed by atoms with Crippen LogP contribution in [0.2, 0.25) is 5.15 Å². The van der Waals surface area contributed by atoms with E-state index in [4.69, 9.17) is 11.6 Å². The number of halogens is 1. The zero-order valence-electron chi connectivity index (χ0n) is 11.1. The number of fused-ring (bicyclic) bond motifs is 1. The molecule has 0 unspecified atom stereocenters. The van der Waals surface area contributed by atoms with Crippen LogP contribution in [-0.2, 0) is 0 Å². The first-order valence-electron chi connectivity index (χ1n) is 6.38. The Labute approximate surface area is 116 Å². The zero-order chi connectivity index (χ0) is 13.5. The molecule has 2 heterocycles. The maximum Gasteiger partial charge on any atom is 0.255 e. The molecule has 7 heteroatoms. The van der Waals surface area contributed by atoms with E-state index in [1.165, 1.54) is 25.6 Å². The maximum atomic E-state index is 6.00. The van der Waals surface area contributed by atoms with E-state index in [-0.39, 0.29) is 5.54 Å². The van der Waals surface area contributed by atoms with E-state index < -0.39 is 0 Å². The van der Waals surface area contributed by atoms with Gasteiger partial charge in [0.1, 0.15) is 17.3 Å². The molecular formula is C12H17ClN6. The lowest BCUT2D eigenvalue weighted by Gasteiger charge is -2.47. The van der Waals surface area contributed by atoms with E-state index in [1.807, 2.05) is 0 Å². The average Bonchev–Trinajstić information content (AvgIpc) is 2.74. The van der Waals surface area contributed by atoms with Crippen LogP contribution in [0.3, 0.4) is 0 Å². The van der Waals surface area contributed by atoms with Crippen molar-refractivity contribution in [2.75, 3.05) is 26.0 Å². The summed E-state index contributed by atoms with van der Waals surface area (Å²) in [4.78, 5) is 10.5. The minimum atomic E-state index is 0.239. The van der Waals surface area contributed by atoms with E-state index >= 15 is 0 Å². The van der Waals surface area contributed by atoms with Crippen molar-refractivity contribution in [1.82, 2.24) is 24.5 Å². The summed E-state index contributed by atoms with van der Waals surface area (Å²) in [5.41, 5.74) is 0.239. The smallest absolute Gasteiger partial charge is 0.255 e. The zero-order valence-corrected chi connectivity index (χ0v) is 11.9. The molecule has 19 heavy (non-hydrogen) atoms. The average molecular weight is 281 g/mol. The lowest BCUT2D eigenvalue weighted by molar-refractivity contribution is 0.0738. The predicted octanol–water partition coefficient (Wildman–Crippen LogP) is 1.67. The highest BCUT2D eigenvalue weighted by molar-refractivity contribution is 6.29. The van der Waals surface area contributed by atoms with Gasteiger partial charge in [-0.05, 0) is 33.4 Å². The third kappa shape index (κ3) is 2.15. The summed E-state index contributed by atoms with van der Waals surface area (Å²) in [6, 6.07) is 1.78. The second kappa shape index (κ2) is 4.61. The van der Waals surface area contributed by atoms with E-state index in [1.54, 1.807) is 10.6 Å². The molecule has 0 spiro atoms. The van der Waals surface area contributed by atoms with Crippen LogP contribution in [0.4, 0.5) is 5.82 Å². The van der Waals surface area contributed by atoms with Gasteiger partial charge in [0.05, 0.1) is 0 Å². The Hall–Kier alpha value is -1.40. The molecular weight excluding hydrogens is 264 g/mol. The number of hydrogen-bond acceptors (Lipinski definition) is 5. The van der Waals surface area contributed by atoms with Crippen LogP contribution in [0, 0.1) is 0 Å². The van der Waals surface area contributed by atoms with Crippen LogP contribution >= 0.6 is 11.6 Å². The van der Waals surface area contributed by atoms with Crippen molar-refractivity contribution < 1.29 is 0 Å². The molecule has 0 aromatic carbocycles. The molecule has 3 rings (SSSR count). The Balaban J connectivity index is 1.83. The molecule has 0 radical (unpaired) electrons. The number of nitrogens with zero attached hydrogens (tertiary/aromatic N) is 5. The molecule has 1 aliphatic carbocycles. The molecule has 1 saturated carbocycles. The highest BCUT2D eigenvalue weighted by atomic mass is 35.5. The molecule has 0 aliphatic heterocycles. The maximum absolute atomic E-state index is 6.00. The predicted molar refractivity (Wildman–Crippen MR) is 74.6 cm³/mol. The van der Waals surface area contributed by atoms with Crippen molar-refractivity contribution >= 4 is 23.2 Å². The number of likely N-dealkylation sites (N-methyl/N-ethyl adjacent to an activating group) is 1. The summed E-state index contributed by atoms with van der Waals surface area (Å²) in [6.45, 7) is 0.870. The topological polar surface area (TPSA) is 58.3 Å². The fraction of sp³-hybridized carbons (Fsp3) is 0.583. The fourth-order valence-electron chi connectivity index (χ4n) is 2.53. The minimum Gasteiger partial charge on any atom is -0.368 e. The second-order valence-corrected chi connectivity index (χ2v) is 5.65. The summed E-state index contributed by atoms with van der Waals surface area (Å²) in [5, 5.41) is 8.02. The highest BCUT2D eigenvalue weighted by Crippen LogP contribution is 2.36. The molecule has 1 fully saturated rings. The largest absolute Gasteiger partial charge is 0.368 e. The Morgan fingerprint density at radius 2 is 2.26 bits per heavy atom. The van der Waals surface area contributed by atoms with Gasteiger partial charge in [-0.25, -0.2) is 0 Å². The summed E-state index contributed by atoms with van der Waals surface area (Å²) in [6.07, 6.45) is 5.20. The van der Waals surface area contributed by atoms with Crippen LogP contribution in [0.1, 0.15) is 19.3 Å². The van der Waals surface area contributed by atoms with Gasteiger partial charge >= 0.3 is 0 Å². The molecule has 0 saturated heterocycles. The third-order valence-corrected chi connectivity index (χ3v) is 4.25. The van der Waals surface area contributed by atoms with Crippen molar-refractivity contribution in [3.05, 3.63) is 17.5 Å². The monoisotopic (exact) mass is 280 g/mol. The van der Waals surface area contributed by atoms with Gasteiger partial charge in [0.25, 0.3) is 5.78 Å². The fourth-order valence-corrected chi connectivity index (χ4v) is 2.71. The SMILES string of the molecule is CN(C)C1(CNc2cc(Cl)nc3ncnn23)CCC1. The molecule has 0 bridgehead atoms. The van der Waals surface area contributed by atoms with Crippen LogP contribution in [0.5, 0.6) is 0 Å². The Bertz CT molecular complexity index is 589. The second-order valence-electron chi connectivity index (χ2n) is 5.26. The van der Waals surface area contributed by atoms with E-state index in [0.29, 0.717) is 10.9 Å². The number of aromatic nitrogens is 4. The van der Waals surface area contributed by atoms with Crippen LogP contribution in [-0.4, -0.2) is 50.7 Å². The lowest BCUT2D eigenvalue weighted by Crippen LogP contribution is -2.54.